The molecule has 0 saturated heterocycles. The highest BCUT2D eigenvalue weighted by molar-refractivity contribution is 7.92. The van der Waals surface area contributed by atoms with Gasteiger partial charge in [0.1, 0.15) is 11.5 Å². The van der Waals surface area contributed by atoms with Crippen LogP contribution in [0.15, 0.2) is 47.4 Å². The molecule has 5 nitrogen and oxygen atoms in total. The third kappa shape index (κ3) is 3.71. The Hall–Kier alpha value is -2.21. The van der Waals surface area contributed by atoms with Gasteiger partial charge in [-0.1, -0.05) is 6.07 Å². The van der Waals surface area contributed by atoms with Gasteiger partial charge in [-0.3, -0.25) is 4.72 Å². The molecule has 2 rings (SSSR count). The Morgan fingerprint density at radius 2 is 1.77 bits per heavy atom. The number of benzene rings is 2. The molecule has 0 radical (unpaired) electrons. The lowest BCUT2D eigenvalue weighted by Crippen LogP contribution is -2.13. The lowest BCUT2D eigenvalue weighted by molar-refractivity contribution is 0.340. The van der Waals surface area contributed by atoms with Crippen molar-refractivity contribution in [2.45, 2.75) is 18.7 Å². The smallest absolute Gasteiger partial charge is 0.262 e. The molecule has 0 spiro atoms. The van der Waals surface area contributed by atoms with Crippen LogP contribution in [0, 0.1) is 6.92 Å². The standard InChI is InChI=1S/C16H19NO4S/c1-4-21-13-6-8-14(9-7-13)22(18,19)17-15-11-12(2)5-10-16(15)20-3/h5-11,17H,4H2,1-3H3. The normalized spacial score (nSPS) is 11.0. The second-order valence-electron chi connectivity index (χ2n) is 4.71. The van der Waals surface area contributed by atoms with Crippen molar-refractivity contribution in [1.82, 2.24) is 0 Å². The SMILES string of the molecule is CCOc1ccc(S(=O)(=O)Nc2cc(C)ccc2OC)cc1. The molecule has 22 heavy (non-hydrogen) atoms. The van der Waals surface area contributed by atoms with Crippen molar-refractivity contribution in [2.24, 2.45) is 0 Å². The minimum Gasteiger partial charge on any atom is -0.495 e. The number of hydrogen-bond acceptors (Lipinski definition) is 4. The summed E-state index contributed by atoms with van der Waals surface area (Å²) in [7, 11) is -2.18. The zero-order valence-corrected chi connectivity index (χ0v) is 13.6. The third-order valence-corrected chi connectivity index (χ3v) is 4.43. The first kappa shape index (κ1) is 16.2. The zero-order valence-electron chi connectivity index (χ0n) is 12.8. The number of nitrogens with one attached hydrogen (secondary N) is 1. The molecule has 0 heterocycles. The van der Waals surface area contributed by atoms with Crippen molar-refractivity contribution in [3.05, 3.63) is 48.0 Å². The fourth-order valence-corrected chi connectivity index (χ4v) is 3.05. The number of anilines is 1. The molecule has 1 N–H and O–H groups in total. The summed E-state index contributed by atoms with van der Waals surface area (Å²) in [4.78, 5) is 0.166. The van der Waals surface area contributed by atoms with Gasteiger partial charge < -0.3 is 9.47 Å². The Morgan fingerprint density at radius 1 is 1.09 bits per heavy atom. The van der Waals surface area contributed by atoms with E-state index in [-0.39, 0.29) is 4.90 Å². The number of rotatable bonds is 6. The highest BCUT2D eigenvalue weighted by Gasteiger charge is 2.16. The minimum atomic E-state index is -3.68. The number of sulfonamides is 1. The minimum absolute atomic E-state index is 0.166. The Morgan fingerprint density at radius 3 is 2.36 bits per heavy atom. The molecule has 0 bridgehead atoms. The van der Waals surface area contributed by atoms with Crippen LogP contribution >= 0.6 is 0 Å². The molecule has 0 saturated carbocycles. The van der Waals surface area contributed by atoms with E-state index >= 15 is 0 Å². The summed E-state index contributed by atoms with van der Waals surface area (Å²) in [5.41, 5.74) is 1.35. The number of aryl methyl sites for hydroxylation is 1. The maximum atomic E-state index is 12.4. The van der Waals surface area contributed by atoms with Crippen LogP contribution in [0.2, 0.25) is 0 Å². The predicted octanol–water partition coefficient (Wildman–Crippen LogP) is 3.20. The van der Waals surface area contributed by atoms with Crippen LogP contribution in [0.4, 0.5) is 5.69 Å². The molecular formula is C16H19NO4S. The summed E-state index contributed by atoms with van der Waals surface area (Å²) >= 11 is 0. The van der Waals surface area contributed by atoms with E-state index in [4.69, 9.17) is 9.47 Å². The van der Waals surface area contributed by atoms with Crippen LogP contribution in [0.5, 0.6) is 11.5 Å². The highest BCUT2D eigenvalue weighted by Crippen LogP contribution is 2.28. The van der Waals surface area contributed by atoms with Gasteiger partial charge in [0.15, 0.2) is 0 Å². The van der Waals surface area contributed by atoms with E-state index in [0.717, 1.165) is 5.56 Å². The molecule has 0 aromatic heterocycles. The van der Waals surface area contributed by atoms with Crippen molar-refractivity contribution in [2.75, 3.05) is 18.4 Å². The quantitative estimate of drug-likeness (QED) is 0.887. The first-order valence-electron chi connectivity index (χ1n) is 6.86. The van der Waals surface area contributed by atoms with Crippen LogP contribution in [0.3, 0.4) is 0 Å². The van der Waals surface area contributed by atoms with Crippen LogP contribution in [0.25, 0.3) is 0 Å². The first-order chi connectivity index (χ1) is 10.5. The van der Waals surface area contributed by atoms with E-state index in [0.29, 0.717) is 23.8 Å². The predicted molar refractivity (Wildman–Crippen MR) is 86.2 cm³/mol. The zero-order chi connectivity index (χ0) is 16.2. The summed E-state index contributed by atoms with van der Waals surface area (Å²) in [5.74, 6) is 1.11. The fraction of sp³-hybridized carbons (Fsp3) is 0.250. The van der Waals surface area contributed by atoms with Gasteiger partial charge in [-0.15, -0.1) is 0 Å². The number of ether oxygens (including phenoxy) is 2. The summed E-state index contributed by atoms with van der Waals surface area (Å²) in [6.45, 7) is 4.29. The second-order valence-corrected chi connectivity index (χ2v) is 6.40. The van der Waals surface area contributed by atoms with Crippen molar-refractivity contribution in [3.63, 3.8) is 0 Å². The van der Waals surface area contributed by atoms with Crippen LogP contribution in [-0.4, -0.2) is 22.1 Å². The van der Waals surface area contributed by atoms with Crippen molar-refractivity contribution in [3.8, 4) is 11.5 Å². The van der Waals surface area contributed by atoms with Crippen molar-refractivity contribution >= 4 is 15.7 Å². The van der Waals surface area contributed by atoms with Gasteiger partial charge >= 0.3 is 0 Å². The van der Waals surface area contributed by atoms with E-state index in [9.17, 15) is 8.42 Å². The molecule has 0 unspecified atom stereocenters. The fourth-order valence-electron chi connectivity index (χ4n) is 1.99. The van der Waals surface area contributed by atoms with E-state index in [1.165, 1.54) is 19.2 Å². The van der Waals surface area contributed by atoms with Crippen molar-refractivity contribution < 1.29 is 17.9 Å². The van der Waals surface area contributed by atoms with Crippen LogP contribution in [-0.2, 0) is 10.0 Å². The Labute approximate surface area is 130 Å². The molecule has 0 atom stereocenters. The lowest BCUT2D eigenvalue weighted by Gasteiger charge is -2.13. The Bertz CT molecular complexity index is 739. The molecule has 0 aliphatic rings. The number of hydrogen-bond donors (Lipinski definition) is 1. The summed E-state index contributed by atoms with van der Waals surface area (Å²) in [6.07, 6.45) is 0. The monoisotopic (exact) mass is 321 g/mol. The van der Waals surface area contributed by atoms with E-state index in [2.05, 4.69) is 4.72 Å². The molecule has 2 aromatic carbocycles. The maximum Gasteiger partial charge on any atom is 0.262 e. The average molecular weight is 321 g/mol. The summed E-state index contributed by atoms with van der Waals surface area (Å²) in [5, 5.41) is 0. The molecule has 0 fully saturated rings. The molecule has 2 aromatic rings. The maximum absolute atomic E-state index is 12.4. The van der Waals surface area contributed by atoms with Gasteiger partial charge in [0, 0.05) is 0 Å². The third-order valence-electron chi connectivity index (χ3n) is 3.04. The van der Waals surface area contributed by atoms with Gasteiger partial charge in [0.05, 0.1) is 24.3 Å². The van der Waals surface area contributed by atoms with Gasteiger partial charge in [0.2, 0.25) is 0 Å². The Balaban J connectivity index is 2.29. The summed E-state index contributed by atoms with van der Waals surface area (Å²) < 4.78 is 37.9. The van der Waals surface area contributed by atoms with Crippen LogP contribution in [0.1, 0.15) is 12.5 Å². The topological polar surface area (TPSA) is 64.6 Å². The largest absolute Gasteiger partial charge is 0.495 e. The lowest BCUT2D eigenvalue weighted by atomic mass is 10.2. The van der Waals surface area contributed by atoms with Gasteiger partial charge in [-0.25, -0.2) is 8.42 Å². The van der Waals surface area contributed by atoms with E-state index in [1.807, 2.05) is 19.9 Å². The molecule has 6 heteroatoms. The number of methoxy groups -OCH3 is 1. The molecule has 118 valence electrons. The van der Waals surface area contributed by atoms with Gasteiger partial charge in [-0.05, 0) is 55.8 Å². The van der Waals surface area contributed by atoms with E-state index in [1.54, 1.807) is 24.3 Å². The average Bonchev–Trinajstić information content (AvgIpc) is 2.48. The van der Waals surface area contributed by atoms with Gasteiger partial charge in [0.25, 0.3) is 10.0 Å². The summed E-state index contributed by atoms with van der Waals surface area (Å²) in [6, 6.07) is 11.6. The van der Waals surface area contributed by atoms with Crippen molar-refractivity contribution in [1.29, 1.82) is 0 Å². The van der Waals surface area contributed by atoms with Crippen LogP contribution < -0.4 is 14.2 Å². The first-order valence-corrected chi connectivity index (χ1v) is 8.35. The highest BCUT2D eigenvalue weighted by atomic mass is 32.2. The molecular weight excluding hydrogens is 302 g/mol. The Kier molecular flexibility index (Phi) is 4.92. The second kappa shape index (κ2) is 6.70. The molecule has 0 aliphatic heterocycles. The molecule has 0 aliphatic carbocycles. The van der Waals surface area contributed by atoms with Gasteiger partial charge in [-0.2, -0.15) is 0 Å². The van der Waals surface area contributed by atoms with E-state index < -0.39 is 10.0 Å². The molecule has 0 amide bonds.